The molecule has 0 fully saturated rings. The number of amides is 1. The number of nitrogens with one attached hydrogen (secondary N) is 1. The maximum Gasteiger partial charge on any atom is 0.270 e. The number of guanidine groups is 1. The maximum atomic E-state index is 12.6. The van der Waals surface area contributed by atoms with Crippen LogP contribution in [0.1, 0.15) is 14.5 Å². The van der Waals surface area contributed by atoms with Crippen LogP contribution in [0.2, 0.25) is 10.0 Å². The number of hydrogen-bond acceptors (Lipinski definition) is 4. The standard InChI is InChI=1S/C15H13Cl2N3OS/c1-9-5-6-12(22-9)14(21)20-8-7-18-15(20)19-13-10(16)3-2-4-11(13)17/h2-6H,7-8H2,1H3,(H,18,19). The molecule has 0 aliphatic carbocycles. The second-order valence-corrected chi connectivity index (χ2v) is 6.90. The van der Waals surface area contributed by atoms with Crippen LogP contribution in [0.15, 0.2) is 35.3 Å². The molecule has 1 N–H and O–H groups in total. The second kappa shape index (κ2) is 6.28. The first-order chi connectivity index (χ1) is 10.6. The van der Waals surface area contributed by atoms with Gasteiger partial charge < -0.3 is 5.32 Å². The molecule has 2 heterocycles. The molecule has 0 bridgehead atoms. The Hall–Kier alpha value is -1.56. The molecule has 4 nitrogen and oxygen atoms in total. The molecule has 1 amide bonds. The molecule has 2 aromatic rings. The van der Waals surface area contributed by atoms with E-state index in [4.69, 9.17) is 23.2 Å². The number of benzene rings is 1. The minimum Gasteiger partial charge on any atom is -0.323 e. The molecule has 3 rings (SSSR count). The van der Waals surface area contributed by atoms with E-state index in [1.165, 1.54) is 11.3 Å². The normalized spacial score (nSPS) is 14.1. The number of nitrogens with zero attached hydrogens (tertiary/aromatic N) is 2. The van der Waals surface area contributed by atoms with E-state index in [1.54, 1.807) is 23.1 Å². The largest absolute Gasteiger partial charge is 0.323 e. The van der Waals surface area contributed by atoms with Crippen molar-refractivity contribution in [2.75, 3.05) is 18.4 Å². The smallest absolute Gasteiger partial charge is 0.270 e. The van der Waals surface area contributed by atoms with E-state index < -0.39 is 0 Å². The molecule has 114 valence electrons. The van der Waals surface area contributed by atoms with Crippen molar-refractivity contribution < 1.29 is 4.79 Å². The molecule has 0 unspecified atom stereocenters. The van der Waals surface area contributed by atoms with Crippen molar-refractivity contribution in [3.8, 4) is 0 Å². The highest BCUT2D eigenvalue weighted by Gasteiger charge is 2.26. The van der Waals surface area contributed by atoms with Crippen LogP contribution < -0.4 is 5.32 Å². The molecule has 1 aromatic carbocycles. The molecule has 1 aliphatic rings. The first-order valence-corrected chi connectivity index (χ1v) is 8.27. The summed E-state index contributed by atoms with van der Waals surface area (Å²) in [4.78, 5) is 20.3. The molecule has 1 aromatic heterocycles. The third-order valence-electron chi connectivity index (χ3n) is 3.24. The predicted octanol–water partition coefficient (Wildman–Crippen LogP) is 4.29. The van der Waals surface area contributed by atoms with Crippen molar-refractivity contribution >= 4 is 52.1 Å². The molecule has 0 saturated heterocycles. The van der Waals surface area contributed by atoms with Gasteiger partial charge in [0.25, 0.3) is 5.91 Å². The zero-order valence-electron chi connectivity index (χ0n) is 11.8. The van der Waals surface area contributed by atoms with Gasteiger partial charge in [0.2, 0.25) is 5.96 Å². The quantitative estimate of drug-likeness (QED) is 0.875. The fourth-order valence-electron chi connectivity index (χ4n) is 2.16. The summed E-state index contributed by atoms with van der Waals surface area (Å²) in [5.74, 6) is 0.413. The number of halogens is 2. The van der Waals surface area contributed by atoms with Crippen LogP contribution in [-0.4, -0.2) is 29.9 Å². The minimum atomic E-state index is -0.0648. The van der Waals surface area contributed by atoms with Gasteiger partial charge in [0.05, 0.1) is 27.2 Å². The summed E-state index contributed by atoms with van der Waals surface area (Å²) >= 11 is 13.8. The van der Waals surface area contributed by atoms with Gasteiger partial charge in [-0.15, -0.1) is 11.3 Å². The lowest BCUT2D eigenvalue weighted by Gasteiger charge is -2.19. The van der Waals surface area contributed by atoms with E-state index in [1.807, 2.05) is 19.1 Å². The summed E-state index contributed by atoms with van der Waals surface area (Å²) in [7, 11) is 0. The van der Waals surface area contributed by atoms with Crippen LogP contribution in [0.5, 0.6) is 0 Å². The van der Waals surface area contributed by atoms with Crippen molar-refractivity contribution in [2.45, 2.75) is 6.92 Å². The second-order valence-electron chi connectivity index (χ2n) is 4.79. The number of carbonyl (C=O) groups is 1. The summed E-state index contributed by atoms with van der Waals surface area (Å²) in [5.41, 5.74) is 0.562. The lowest BCUT2D eigenvalue weighted by Crippen LogP contribution is -2.38. The first-order valence-electron chi connectivity index (χ1n) is 6.70. The Bertz CT molecular complexity index is 737. The fourth-order valence-corrected chi connectivity index (χ4v) is 3.47. The number of aryl methyl sites for hydroxylation is 1. The van der Waals surface area contributed by atoms with Crippen molar-refractivity contribution in [1.82, 2.24) is 4.90 Å². The fraction of sp³-hybridized carbons (Fsp3) is 0.200. The summed E-state index contributed by atoms with van der Waals surface area (Å²) < 4.78 is 0. The van der Waals surface area contributed by atoms with Gasteiger partial charge in [-0.2, -0.15) is 0 Å². The lowest BCUT2D eigenvalue weighted by molar-refractivity contribution is 0.0862. The van der Waals surface area contributed by atoms with Crippen molar-refractivity contribution in [3.63, 3.8) is 0 Å². The van der Waals surface area contributed by atoms with Gasteiger partial charge in [0, 0.05) is 11.4 Å². The SMILES string of the molecule is Cc1ccc(C(=O)N2CCN=C2Nc2c(Cl)cccc2Cl)s1. The van der Waals surface area contributed by atoms with Crippen LogP contribution in [0, 0.1) is 6.92 Å². The van der Waals surface area contributed by atoms with Gasteiger partial charge in [-0.25, -0.2) is 0 Å². The summed E-state index contributed by atoms with van der Waals surface area (Å²) in [6, 6.07) is 9.01. The van der Waals surface area contributed by atoms with Gasteiger partial charge in [-0.1, -0.05) is 29.3 Å². The van der Waals surface area contributed by atoms with Gasteiger partial charge in [-0.05, 0) is 31.2 Å². The Labute approximate surface area is 142 Å². The lowest BCUT2D eigenvalue weighted by atomic mass is 10.3. The molecule has 0 atom stereocenters. The number of para-hydroxylation sites is 1. The van der Waals surface area contributed by atoms with E-state index in [0.29, 0.717) is 39.7 Å². The highest BCUT2D eigenvalue weighted by Crippen LogP contribution is 2.30. The number of hydrogen-bond donors (Lipinski definition) is 1. The molecule has 0 spiro atoms. The third kappa shape index (κ3) is 2.97. The van der Waals surface area contributed by atoms with Crippen molar-refractivity contribution in [2.24, 2.45) is 4.99 Å². The Morgan fingerprint density at radius 1 is 1.27 bits per heavy atom. The molecule has 22 heavy (non-hydrogen) atoms. The Morgan fingerprint density at radius 3 is 2.64 bits per heavy atom. The van der Waals surface area contributed by atoms with Crippen molar-refractivity contribution in [1.29, 1.82) is 0 Å². The molecule has 0 radical (unpaired) electrons. The average Bonchev–Trinajstić information content (AvgIpc) is 3.11. The maximum absolute atomic E-state index is 12.6. The van der Waals surface area contributed by atoms with Crippen LogP contribution >= 0.6 is 34.5 Å². The van der Waals surface area contributed by atoms with Crippen molar-refractivity contribution in [3.05, 3.63) is 50.1 Å². The zero-order valence-corrected chi connectivity index (χ0v) is 14.1. The predicted molar refractivity (Wildman–Crippen MR) is 92.5 cm³/mol. The van der Waals surface area contributed by atoms with Crippen LogP contribution in [-0.2, 0) is 0 Å². The zero-order chi connectivity index (χ0) is 15.7. The topological polar surface area (TPSA) is 44.7 Å². The number of anilines is 1. The average molecular weight is 354 g/mol. The number of thiophene rings is 1. The molecule has 7 heteroatoms. The highest BCUT2D eigenvalue weighted by molar-refractivity contribution is 7.14. The van der Waals surface area contributed by atoms with Gasteiger partial charge in [0.15, 0.2) is 0 Å². The van der Waals surface area contributed by atoms with Gasteiger partial charge in [-0.3, -0.25) is 14.7 Å². The molecule has 0 saturated carbocycles. The van der Waals surface area contributed by atoms with E-state index in [2.05, 4.69) is 10.3 Å². The number of rotatable bonds is 2. The van der Waals surface area contributed by atoms with E-state index in [-0.39, 0.29) is 5.91 Å². The monoisotopic (exact) mass is 353 g/mol. The van der Waals surface area contributed by atoms with Crippen LogP contribution in [0.4, 0.5) is 5.69 Å². The van der Waals surface area contributed by atoms with Crippen LogP contribution in [0.25, 0.3) is 0 Å². The Balaban J connectivity index is 1.83. The minimum absolute atomic E-state index is 0.0648. The number of carbonyl (C=O) groups excluding carboxylic acids is 1. The highest BCUT2D eigenvalue weighted by atomic mass is 35.5. The van der Waals surface area contributed by atoms with Gasteiger partial charge >= 0.3 is 0 Å². The van der Waals surface area contributed by atoms with E-state index in [0.717, 1.165) is 4.88 Å². The summed E-state index contributed by atoms with van der Waals surface area (Å²) in [6.45, 7) is 3.07. The third-order valence-corrected chi connectivity index (χ3v) is 4.86. The Morgan fingerprint density at radius 2 is 2.00 bits per heavy atom. The number of aliphatic imine (C=N–C) groups is 1. The Kier molecular flexibility index (Phi) is 4.38. The molecular formula is C15H13Cl2N3OS. The molecular weight excluding hydrogens is 341 g/mol. The van der Waals surface area contributed by atoms with E-state index >= 15 is 0 Å². The van der Waals surface area contributed by atoms with Crippen LogP contribution in [0.3, 0.4) is 0 Å². The first kappa shape index (κ1) is 15.3. The summed E-state index contributed by atoms with van der Waals surface area (Å²) in [5, 5.41) is 4.06. The van der Waals surface area contributed by atoms with E-state index in [9.17, 15) is 4.79 Å². The summed E-state index contributed by atoms with van der Waals surface area (Å²) in [6.07, 6.45) is 0. The van der Waals surface area contributed by atoms with Gasteiger partial charge in [0.1, 0.15) is 0 Å². The molecule has 1 aliphatic heterocycles.